The van der Waals surface area contributed by atoms with E-state index in [4.69, 9.17) is 9.47 Å². The van der Waals surface area contributed by atoms with Crippen LogP contribution in [-0.2, 0) is 14.3 Å². The minimum absolute atomic E-state index is 0.325. The number of ether oxygens (including phenoxy) is 2. The maximum Gasteiger partial charge on any atom is 0.410 e. The molecule has 20 heavy (non-hydrogen) atoms. The minimum Gasteiger partial charge on any atom is -0.464 e. The summed E-state index contributed by atoms with van der Waals surface area (Å²) in [6, 6.07) is -0.519. The second-order valence-electron chi connectivity index (χ2n) is 5.64. The fourth-order valence-corrected chi connectivity index (χ4v) is 3.36. The van der Waals surface area contributed by atoms with Gasteiger partial charge in [-0.1, -0.05) is 12.2 Å². The van der Waals surface area contributed by atoms with Crippen molar-refractivity contribution in [1.29, 1.82) is 0 Å². The number of esters is 1. The normalized spacial score (nSPS) is 29.6. The van der Waals surface area contributed by atoms with Gasteiger partial charge >= 0.3 is 12.1 Å². The Hall–Kier alpha value is -1.52. The second-order valence-corrected chi connectivity index (χ2v) is 5.64. The zero-order valence-corrected chi connectivity index (χ0v) is 12.3. The Bertz CT molecular complexity index is 407. The lowest BCUT2D eigenvalue weighted by atomic mass is 9.71. The molecule has 0 aromatic heterocycles. The molecule has 1 aliphatic heterocycles. The first-order valence-electron chi connectivity index (χ1n) is 7.24. The van der Waals surface area contributed by atoms with Gasteiger partial charge in [0.05, 0.1) is 13.7 Å². The van der Waals surface area contributed by atoms with Crippen molar-refractivity contribution in [1.82, 2.24) is 4.90 Å². The van der Waals surface area contributed by atoms with Gasteiger partial charge in [-0.2, -0.15) is 0 Å². The molecule has 1 aliphatic carbocycles. The van der Waals surface area contributed by atoms with Gasteiger partial charge in [0.2, 0.25) is 0 Å². The fourth-order valence-electron chi connectivity index (χ4n) is 3.36. The molecule has 0 bridgehead atoms. The number of carbonyl (C=O) groups excluding carboxylic acids is 2. The first-order chi connectivity index (χ1) is 9.56. The fraction of sp³-hybridized carbons (Fsp3) is 0.733. The number of amides is 1. The molecule has 2 fully saturated rings. The van der Waals surface area contributed by atoms with E-state index in [0.29, 0.717) is 31.4 Å². The summed E-state index contributed by atoms with van der Waals surface area (Å²) in [4.78, 5) is 25.5. The lowest BCUT2D eigenvalue weighted by Crippen LogP contribution is -2.54. The molecule has 5 nitrogen and oxygen atoms in total. The molecule has 1 saturated carbocycles. The summed E-state index contributed by atoms with van der Waals surface area (Å²) in [6.07, 6.45) is 3.21. The third-order valence-electron chi connectivity index (χ3n) is 4.39. The van der Waals surface area contributed by atoms with E-state index in [1.807, 2.05) is 0 Å². The molecular weight excluding hydrogens is 258 g/mol. The predicted octanol–water partition coefficient (Wildman–Crippen LogP) is 2.36. The number of hydrogen-bond donors (Lipinski definition) is 0. The minimum atomic E-state index is -0.519. The van der Waals surface area contributed by atoms with Crippen molar-refractivity contribution in [3.63, 3.8) is 0 Å². The molecule has 112 valence electrons. The number of nitrogens with zero attached hydrogens (tertiary/aromatic N) is 1. The molecule has 0 aromatic rings. The van der Waals surface area contributed by atoms with Crippen molar-refractivity contribution < 1.29 is 19.1 Å². The van der Waals surface area contributed by atoms with E-state index in [1.54, 1.807) is 6.92 Å². The Balaban J connectivity index is 2.15. The van der Waals surface area contributed by atoms with Crippen LogP contribution in [0.1, 0.15) is 32.6 Å². The number of carbonyl (C=O) groups is 2. The number of likely N-dealkylation sites (tertiary alicyclic amines) is 1. The molecule has 1 amide bonds. The Morgan fingerprint density at radius 3 is 2.80 bits per heavy atom. The highest BCUT2D eigenvalue weighted by atomic mass is 16.6. The largest absolute Gasteiger partial charge is 0.464 e. The third-order valence-corrected chi connectivity index (χ3v) is 4.39. The van der Waals surface area contributed by atoms with Crippen LogP contribution in [0.4, 0.5) is 4.79 Å². The highest BCUT2D eigenvalue weighted by molar-refractivity contribution is 5.81. The quantitative estimate of drug-likeness (QED) is 0.576. The maximum atomic E-state index is 12.1. The number of rotatable bonds is 2. The van der Waals surface area contributed by atoms with Crippen LogP contribution < -0.4 is 0 Å². The van der Waals surface area contributed by atoms with Gasteiger partial charge in [-0.25, -0.2) is 9.59 Å². The van der Waals surface area contributed by atoms with Crippen LogP contribution in [0.3, 0.4) is 0 Å². The number of piperidine rings is 1. The van der Waals surface area contributed by atoms with Crippen molar-refractivity contribution in [2.24, 2.45) is 11.8 Å². The number of hydrogen-bond acceptors (Lipinski definition) is 4. The predicted molar refractivity (Wildman–Crippen MR) is 74.1 cm³/mol. The van der Waals surface area contributed by atoms with Gasteiger partial charge in [0, 0.05) is 6.54 Å². The molecule has 1 heterocycles. The number of allylic oxidation sites excluding steroid dienone is 1. The summed E-state index contributed by atoms with van der Waals surface area (Å²) < 4.78 is 9.91. The molecular formula is C15H23NO4. The van der Waals surface area contributed by atoms with E-state index in [-0.39, 0.29) is 5.97 Å². The molecule has 0 radical (unpaired) electrons. The van der Waals surface area contributed by atoms with Gasteiger partial charge in [-0.15, -0.1) is 0 Å². The van der Waals surface area contributed by atoms with E-state index < -0.39 is 12.1 Å². The van der Waals surface area contributed by atoms with Crippen LogP contribution in [0, 0.1) is 11.8 Å². The van der Waals surface area contributed by atoms with E-state index in [1.165, 1.54) is 17.6 Å². The number of methoxy groups -OCH3 is 1. The molecule has 5 heteroatoms. The average Bonchev–Trinajstić information content (AvgIpc) is 2.45. The topological polar surface area (TPSA) is 55.8 Å². The van der Waals surface area contributed by atoms with Crippen molar-refractivity contribution in [3.05, 3.63) is 12.2 Å². The molecule has 0 aromatic carbocycles. The van der Waals surface area contributed by atoms with Crippen molar-refractivity contribution in [2.45, 2.75) is 38.6 Å². The summed E-state index contributed by atoms with van der Waals surface area (Å²) in [7, 11) is 1.35. The molecule has 1 saturated heterocycles. The van der Waals surface area contributed by atoms with Crippen LogP contribution in [0.25, 0.3) is 0 Å². The second kappa shape index (κ2) is 6.29. The Labute approximate surface area is 119 Å². The maximum absolute atomic E-state index is 12.1. The van der Waals surface area contributed by atoms with E-state index in [0.717, 1.165) is 19.3 Å². The molecule has 3 unspecified atom stereocenters. The van der Waals surface area contributed by atoms with Crippen LogP contribution >= 0.6 is 0 Å². The molecule has 0 N–H and O–H groups in total. The highest BCUT2D eigenvalue weighted by Crippen LogP contribution is 2.40. The van der Waals surface area contributed by atoms with Gasteiger partial charge in [-0.3, -0.25) is 4.90 Å². The first kappa shape index (κ1) is 14.9. The molecule has 0 spiro atoms. The lowest BCUT2D eigenvalue weighted by molar-refractivity contribution is -0.152. The Morgan fingerprint density at radius 1 is 1.40 bits per heavy atom. The van der Waals surface area contributed by atoms with Crippen LogP contribution in [0.2, 0.25) is 0 Å². The molecule has 3 atom stereocenters. The van der Waals surface area contributed by atoms with Gasteiger partial charge in [0.25, 0.3) is 0 Å². The van der Waals surface area contributed by atoms with Gasteiger partial charge in [0.1, 0.15) is 6.04 Å². The van der Waals surface area contributed by atoms with Crippen molar-refractivity contribution in [2.75, 3.05) is 20.3 Å². The lowest BCUT2D eigenvalue weighted by Gasteiger charge is -2.44. The Morgan fingerprint density at radius 2 is 2.15 bits per heavy atom. The Kier molecular flexibility index (Phi) is 4.68. The summed E-state index contributed by atoms with van der Waals surface area (Å²) in [5.74, 6) is 0.532. The van der Waals surface area contributed by atoms with E-state index in [9.17, 15) is 9.59 Å². The third kappa shape index (κ3) is 2.97. The van der Waals surface area contributed by atoms with Gasteiger partial charge in [0.15, 0.2) is 0 Å². The smallest absolute Gasteiger partial charge is 0.410 e. The SMILES string of the molecule is C=C1CCC2CN(C(=O)OC)C(C(=O)OCC)CC2C1. The monoisotopic (exact) mass is 281 g/mol. The molecule has 2 rings (SSSR count). The first-order valence-corrected chi connectivity index (χ1v) is 7.24. The van der Waals surface area contributed by atoms with Crippen LogP contribution in [0.5, 0.6) is 0 Å². The van der Waals surface area contributed by atoms with Gasteiger partial charge < -0.3 is 9.47 Å². The zero-order valence-electron chi connectivity index (χ0n) is 12.3. The highest BCUT2D eigenvalue weighted by Gasteiger charge is 2.43. The summed E-state index contributed by atoms with van der Waals surface area (Å²) in [5, 5.41) is 0. The summed E-state index contributed by atoms with van der Waals surface area (Å²) >= 11 is 0. The van der Waals surface area contributed by atoms with E-state index >= 15 is 0 Å². The summed E-state index contributed by atoms with van der Waals surface area (Å²) in [5.41, 5.74) is 1.25. The van der Waals surface area contributed by atoms with Crippen molar-refractivity contribution in [3.8, 4) is 0 Å². The van der Waals surface area contributed by atoms with Crippen LogP contribution in [-0.4, -0.2) is 43.3 Å². The van der Waals surface area contributed by atoms with Crippen LogP contribution in [0.15, 0.2) is 12.2 Å². The van der Waals surface area contributed by atoms with E-state index in [2.05, 4.69) is 6.58 Å². The average molecular weight is 281 g/mol. The molecule has 2 aliphatic rings. The van der Waals surface area contributed by atoms with Gasteiger partial charge in [-0.05, 0) is 44.4 Å². The van der Waals surface area contributed by atoms with Crippen molar-refractivity contribution >= 4 is 12.1 Å². The standard InChI is InChI=1S/C15H23NO4/c1-4-20-14(17)13-8-12-7-10(2)5-6-11(12)9-16(13)15(18)19-3/h11-13H,2,4-9H2,1,3H3. The number of fused-ring (bicyclic) bond motifs is 1. The summed E-state index contributed by atoms with van der Waals surface area (Å²) in [6.45, 7) is 6.73. The zero-order chi connectivity index (χ0) is 14.7.